The Morgan fingerprint density at radius 1 is 1.08 bits per heavy atom. The molecule has 1 amide bonds. The first kappa shape index (κ1) is 21.0. The largest absolute Gasteiger partial charge is 0.382 e. The van der Waals surface area contributed by atoms with E-state index in [9.17, 15) is 4.79 Å². The summed E-state index contributed by atoms with van der Waals surface area (Å²) < 4.78 is 5.31. The molecule has 6 heteroatoms. The molecule has 0 atom stereocenters. The van der Waals surface area contributed by atoms with E-state index in [1.807, 2.05) is 44.2 Å². The first-order chi connectivity index (χ1) is 12.3. The Morgan fingerprint density at radius 2 is 1.88 bits per heavy atom. The molecule has 1 rings (SSSR count). The molecule has 0 aliphatic rings. The molecule has 0 saturated carbocycles. The molecule has 0 aliphatic carbocycles. The van der Waals surface area contributed by atoms with Crippen molar-refractivity contribution in [1.82, 2.24) is 16.0 Å². The highest BCUT2D eigenvalue weighted by Gasteiger charge is 2.02. The summed E-state index contributed by atoms with van der Waals surface area (Å²) in [5.41, 5.74) is 1.10. The minimum atomic E-state index is 0.0314. The lowest BCUT2D eigenvalue weighted by molar-refractivity contribution is -0.121. The standard InChI is InChI=1S/C19H32N4O2/c1-3-20-19(21-13-8-9-15-25-4-2)22-14-12-18(24)23-16-17-10-6-5-7-11-17/h5-7,10-11H,3-4,8-9,12-16H2,1-2H3,(H,23,24)(H2,20,21,22). The van der Waals surface area contributed by atoms with Gasteiger partial charge in [0.05, 0.1) is 0 Å². The van der Waals surface area contributed by atoms with Gasteiger partial charge in [0.15, 0.2) is 5.96 Å². The summed E-state index contributed by atoms with van der Waals surface area (Å²) >= 11 is 0. The predicted molar refractivity (Wildman–Crippen MR) is 103 cm³/mol. The van der Waals surface area contributed by atoms with E-state index in [4.69, 9.17) is 4.74 Å². The van der Waals surface area contributed by atoms with Crippen molar-refractivity contribution in [2.75, 3.05) is 32.8 Å². The van der Waals surface area contributed by atoms with Gasteiger partial charge in [-0.3, -0.25) is 9.79 Å². The number of hydrogen-bond donors (Lipinski definition) is 3. The van der Waals surface area contributed by atoms with Gasteiger partial charge in [0.1, 0.15) is 0 Å². The first-order valence-corrected chi connectivity index (χ1v) is 9.16. The fourth-order valence-corrected chi connectivity index (χ4v) is 2.17. The van der Waals surface area contributed by atoms with Crippen LogP contribution in [0.25, 0.3) is 0 Å². The number of carbonyl (C=O) groups excluding carboxylic acids is 1. The molecule has 0 fully saturated rings. The van der Waals surface area contributed by atoms with Crippen LogP contribution in [0.2, 0.25) is 0 Å². The molecule has 0 aliphatic heterocycles. The number of hydrogen-bond acceptors (Lipinski definition) is 3. The maximum atomic E-state index is 11.9. The van der Waals surface area contributed by atoms with Crippen LogP contribution in [0.15, 0.2) is 35.3 Å². The Morgan fingerprint density at radius 3 is 2.60 bits per heavy atom. The minimum Gasteiger partial charge on any atom is -0.382 e. The van der Waals surface area contributed by atoms with Crippen molar-refractivity contribution in [2.45, 2.75) is 39.7 Å². The average Bonchev–Trinajstić information content (AvgIpc) is 2.63. The Hall–Kier alpha value is -2.08. The van der Waals surface area contributed by atoms with E-state index in [1.165, 1.54) is 0 Å². The molecule has 25 heavy (non-hydrogen) atoms. The lowest BCUT2D eigenvalue weighted by atomic mass is 10.2. The molecule has 0 aromatic heterocycles. The van der Waals surface area contributed by atoms with Crippen LogP contribution in [0.5, 0.6) is 0 Å². The third kappa shape index (κ3) is 11.2. The van der Waals surface area contributed by atoms with Crippen LogP contribution < -0.4 is 16.0 Å². The monoisotopic (exact) mass is 348 g/mol. The number of carbonyl (C=O) groups is 1. The number of amides is 1. The number of nitrogens with zero attached hydrogens (tertiary/aromatic N) is 1. The van der Waals surface area contributed by atoms with Gasteiger partial charge in [-0.1, -0.05) is 30.3 Å². The van der Waals surface area contributed by atoms with Crippen LogP contribution in [-0.4, -0.2) is 44.7 Å². The smallest absolute Gasteiger partial charge is 0.222 e. The van der Waals surface area contributed by atoms with Crippen molar-refractivity contribution in [3.8, 4) is 0 Å². The summed E-state index contributed by atoms with van der Waals surface area (Å²) in [6.07, 6.45) is 2.42. The highest BCUT2D eigenvalue weighted by atomic mass is 16.5. The second-order valence-corrected chi connectivity index (χ2v) is 5.60. The predicted octanol–water partition coefficient (Wildman–Crippen LogP) is 2.06. The maximum absolute atomic E-state index is 11.9. The van der Waals surface area contributed by atoms with Gasteiger partial charge in [-0.25, -0.2) is 0 Å². The highest BCUT2D eigenvalue weighted by Crippen LogP contribution is 1.97. The van der Waals surface area contributed by atoms with Crippen molar-refractivity contribution in [3.63, 3.8) is 0 Å². The van der Waals surface area contributed by atoms with Crippen molar-refractivity contribution < 1.29 is 9.53 Å². The van der Waals surface area contributed by atoms with Crippen LogP contribution in [0.3, 0.4) is 0 Å². The minimum absolute atomic E-state index is 0.0314. The van der Waals surface area contributed by atoms with Gasteiger partial charge in [0, 0.05) is 45.8 Å². The lowest BCUT2D eigenvalue weighted by Crippen LogP contribution is -2.39. The van der Waals surface area contributed by atoms with Gasteiger partial charge in [-0.05, 0) is 32.3 Å². The molecule has 0 saturated heterocycles. The van der Waals surface area contributed by atoms with Crippen LogP contribution in [-0.2, 0) is 16.1 Å². The second kappa shape index (κ2) is 14.3. The van der Waals surface area contributed by atoms with E-state index in [-0.39, 0.29) is 5.91 Å². The van der Waals surface area contributed by atoms with Gasteiger partial charge < -0.3 is 20.7 Å². The lowest BCUT2D eigenvalue weighted by Gasteiger charge is -2.11. The summed E-state index contributed by atoms with van der Waals surface area (Å²) in [5.74, 6) is 0.790. The van der Waals surface area contributed by atoms with Crippen LogP contribution in [0.1, 0.15) is 38.7 Å². The molecule has 0 spiro atoms. The number of rotatable bonds is 12. The molecule has 0 heterocycles. The van der Waals surface area contributed by atoms with E-state index >= 15 is 0 Å². The molecular formula is C19H32N4O2. The van der Waals surface area contributed by atoms with Crippen molar-refractivity contribution in [3.05, 3.63) is 35.9 Å². The SMILES string of the molecule is CCNC(=NCCCCOCC)NCCC(=O)NCc1ccccc1. The van der Waals surface area contributed by atoms with E-state index in [1.54, 1.807) is 0 Å². The number of aliphatic imine (C=N–C) groups is 1. The van der Waals surface area contributed by atoms with E-state index in [0.717, 1.165) is 50.7 Å². The molecule has 1 aromatic carbocycles. The first-order valence-electron chi connectivity index (χ1n) is 9.16. The van der Waals surface area contributed by atoms with Crippen LogP contribution in [0.4, 0.5) is 0 Å². The average molecular weight is 348 g/mol. The third-order valence-corrected chi connectivity index (χ3v) is 3.49. The Labute approximate surface area is 151 Å². The molecular weight excluding hydrogens is 316 g/mol. The fraction of sp³-hybridized carbons (Fsp3) is 0.579. The van der Waals surface area contributed by atoms with Crippen LogP contribution >= 0.6 is 0 Å². The highest BCUT2D eigenvalue weighted by molar-refractivity contribution is 5.81. The summed E-state index contributed by atoms with van der Waals surface area (Å²) in [7, 11) is 0. The molecule has 6 nitrogen and oxygen atoms in total. The number of guanidine groups is 1. The molecule has 3 N–H and O–H groups in total. The molecule has 0 unspecified atom stereocenters. The Bertz CT molecular complexity index is 491. The summed E-state index contributed by atoms with van der Waals surface area (Å²) in [6.45, 7) is 8.25. The zero-order valence-corrected chi connectivity index (χ0v) is 15.5. The van der Waals surface area contributed by atoms with Crippen molar-refractivity contribution in [2.24, 2.45) is 4.99 Å². The quantitative estimate of drug-likeness (QED) is 0.307. The maximum Gasteiger partial charge on any atom is 0.222 e. The fourth-order valence-electron chi connectivity index (χ4n) is 2.17. The van der Waals surface area contributed by atoms with Gasteiger partial charge >= 0.3 is 0 Å². The topological polar surface area (TPSA) is 74.8 Å². The second-order valence-electron chi connectivity index (χ2n) is 5.60. The Balaban J connectivity index is 2.19. The normalized spacial score (nSPS) is 11.2. The molecule has 0 bridgehead atoms. The van der Waals surface area contributed by atoms with Crippen molar-refractivity contribution >= 4 is 11.9 Å². The van der Waals surface area contributed by atoms with Gasteiger partial charge in [0.2, 0.25) is 5.91 Å². The number of benzene rings is 1. The number of ether oxygens (including phenoxy) is 1. The van der Waals surface area contributed by atoms with E-state index in [2.05, 4.69) is 20.9 Å². The summed E-state index contributed by atoms with van der Waals surface area (Å²) in [5, 5.41) is 9.31. The van der Waals surface area contributed by atoms with Gasteiger partial charge in [-0.2, -0.15) is 0 Å². The van der Waals surface area contributed by atoms with Crippen molar-refractivity contribution in [1.29, 1.82) is 0 Å². The number of nitrogens with one attached hydrogen (secondary N) is 3. The Kier molecular flexibility index (Phi) is 12.0. The van der Waals surface area contributed by atoms with E-state index < -0.39 is 0 Å². The number of unbranched alkanes of at least 4 members (excludes halogenated alkanes) is 1. The van der Waals surface area contributed by atoms with Gasteiger partial charge in [-0.15, -0.1) is 0 Å². The van der Waals surface area contributed by atoms with Crippen LogP contribution in [0, 0.1) is 0 Å². The van der Waals surface area contributed by atoms with Gasteiger partial charge in [0.25, 0.3) is 0 Å². The summed E-state index contributed by atoms with van der Waals surface area (Å²) in [6, 6.07) is 9.90. The zero-order valence-electron chi connectivity index (χ0n) is 15.5. The molecule has 1 aromatic rings. The molecule has 0 radical (unpaired) electrons. The third-order valence-electron chi connectivity index (χ3n) is 3.49. The zero-order chi connectivity index (χ0) is 18.2. The molecule has 140 valence electrons. The summed E-state index contributed by atoms with van der Waals surface area (Å²) in [4.78, 5) is 16.4. The van der Waals surface area contributed by atoms with E-state index in [0.29, 0.717) is 19.5 Å².